The number of benzene rings is 1. The van der Waals surface area contributed by atoms with Gasteiger partial charge in [0.2, 0.25) is 0 Å². The minimum absolute atomic E-state index is 0.515. The molecular weight excluding hydrogens is 396 g/mol. The smallest absolute Gasteiger partial charge is 0.127 e. The summed E-state index contributed by atoms with van der Waals surface area (Å²) >= 11 is 3.68. The summed E-state index contributed by atoms with van der Waals surface area (Å²) in [6, 6.07) is 16.5. The van der Waals surface area contributed by atoms with Gasteiger partial charge >= 0.3 is 0 Å². The van der Waals surface area contributed by atoms with Crippen molar-refractivity contribution in [2.24, 2.45) is 0 Å². The SMILES string of the molecule is CCCCSc1sc2nc(-c3ccc(N)nc3)cc(-c3ccccc3)c2c1NC. The Morgan fingerprint density at radius 2 is 1.93 bits per heavy atom. The normalized spacial score (nSPS) is 11.1. The highest BCUT2D eigenvalue weighted by molar-refractivity contribution is 8.01. The standard InChI is InChI=1S/C23H24N4S2/c1-3-4-12-28-23-21(25-2)20-17(15-8-6-5-7-9-15)13-18(27-22(20)29-23)16-10-11-19(24)26-14-16/h5-11,13-14,25H,3-4,12H2,1-2H3,(H2,24,26). The number of rotatable bonds is 7. The molecule has 0 spiro atoms. The second-order valence-electron chi connectivity index (χ2n) is 6.79. The number of pyridine rings is 2. The van der Waals surface area contributed by atoms with Crippen LogP contribution in [0.1, 0.15) is 19.8 Å². The molecule has 3 aromatic heterocycles. The Morgan fingerprint density at radius 3 is 2.62 bits per heavy atom. The van der Waals surface area contributed by atoms with E-state index in [1.165, 1.54) is 39.3 Å². The Balaban J connectivity index is 1.93. The van der Waals surface area contributed by atoms with Crippen molar-refractivity contribution in [3.63, 3.8) is 0 Å². The van der Waals surface area contributed by atoms with Crippen molar-refractivity contribution in [1.29, 1.82) is 0 Å². The van der Waals surface area contributed by atoms with E-state index >= 15 is 0 Å². The molecule has 4 rings (SSSR count). The lowest BCUT2D eigenvalue weighted by molar-refractivity contribution is 0.897. The maximum atomic E-state index is 5.77. The highest BCUT2D eigenvalue weighted by Gasteiger charge is 2.19. The lowest BCUT2D eigenvalue weighted by atomic mass is 10.0. The van der Waals surface area contributed by atoms with Crippen molar-refractivity contribution in [3.05, 3.63) is 54.7 Å². The second-order valence-corrected chi connectivity index (χ2v) is 9.15. The second kappa shape index (κ2) is 8.84. The Morgan fingerprint density at radius 1 is 1.10 bits per heavy atom. The maximum absolute atomic E-state index is 5.77. The summed E-state index contributed by atoms with van der Waals surface area (Å²) < 4.78 is 1.30. The molecule has 3 N–H and O–H groups in total. The number of hydrogen-bond donors (Lipinski definition) is 2. The summed E-state index contributed by atoms with van der Waals surface area (Å²) in [6.07, 6.45) is 4.21. The van der Waals surface area contributed by atoms with E-state index in [-0.39, 0.29) is 0 Å². The lowest BCUT2D eigenvalue weighted by Gasteiger charge is -2.10. The van der Waals surface area contributed by atoms with Crippen LogP contribution in [0.3, 0.4) is 0 Å². The fourth-order valence-electron chi connectivity index (χ4n) is 3.27. The maximum Gasteiger partial charge on any atom is 0.127 e. The summed E-state index contributed by atoms with van der Waals surface area (Å²) in [5.41, 5.74) is 11.2. The molecule has 0 fully saturated rings. The van der Waals surface area contributed by atoms with E-state index in [9.17, 15) is 0 Å². The number of hydrogen-bond acceptors (Lipinski definition) is 6. The monoisotopic (exact) mass is 420 g/mol. The molecule has 0 radical (unpaired) electrons. The number of fused-ring (bicyclic) bond motifs is 1. The van der Waals surface area contributed by atoms with Crippen LogP contribution in [0.15, 0.2) is 58.9 Å². The van der Waals surface area contributed by atoms with Gasteiger partial charge < -0.3 is 11.1 Å². The van der Waals surface area contributed by atoms with Crippen LogP contribution >= 0.6 is 23.1 Å². The van der Waals surface area contributed by atoms with Crippen LogP contribution in [-0.4, -0.2) is 22.8 Å². The van der Waals surface area contributed by atoms with Crippen molar-refractivity contribution in [2.75, 3.05) is 23.9 Å². The molecule has 0 bridgehead atoms. The van der Waals surface area contributed by atoms with Gasteiger partial charge in [-0.15, -0.1) is 23.1 Å². The van der Waals surface area contributed by atoms with Crippen LogP contribution in [0.4, 0.5) is 11.5 Å². The third-order valence-electron chi connectivity index (χ3n) is 4.78. The van der Waals surface area contributed by atoms with Crippen LogP contribution in [0.5, 0.6) is 0 Å². The first-order valence-electron chi connectivity index (χ1n) is 9.76. The van der Waals surface area contributed by atoms with E-state index in [0.29, 0.717) is 5.82 Å². The molecule has 3 heterocycles. The van der Waals surface area contributed by atoms with E-state index in [1.807, 2.05) is 37.0 Å². The zero-order valence-electron chi connectivity index (χ0n) is 16.6. The number of nitrogen functional groups attached to an aromatic ring is 1. The van der Waals surface area contributed by atoms with Crippen LogP contribution in [-0.2, 0) is 0 Å². The Hall–Kier alpha value is -2.57. The summed E-state index contributed by atoms with van der Waals surface area (Å²) in [6.45, 7) is 2.23. The quantitative estimate of drug-likeness (QED) is 0.262. The predicted octanol–water partition coefficient (Wildman–Crippen LogP) is 6.54. The average Bonchev–Trinajstić information content (AvgIpc) is 3.11. The molecule has 0 aliphatic carbocycles. The highest BCUT2D eigenvalue weighted by Crippen LogP contribution is 2.46. The number of nitrogens with two attached hydrogens (primary N) is 1. The zero-order chi connectivity index (χ0) is 20.2. The first-order chi connectivity index (χ1) is 14.2. The lowest BCUT2D eigenvalue weighted by Crippen LogP contribution is -1.93. The number of nitrogens with one attached hydrogen (secondary N) is 1. The van der Waals surface area contributed by atoms with E-state index in [4.69, 9.17) is 10.7 Å². The van der Waals surface area contributed by atoms with Crippen molar-refractivity contribution < 1.29 is 0 Å². The number of nitrogens with zero attached hydrogens (tertiary/aromatic N) is 2. The van der Waals surface area contributed by atoms with E-state index in [0.717, 1.165) is 21.8 Å². The summed E-state index contributed by atoms with van der Waals surface area (Å²) in [5, 5.41) is 4.63. The first-order valence-corrected chi connectivity index (χ1v) is 11.6. The van der Waals surface area contributed by atoms with E-state index in [2.05, 4.69) is 47.6 Å². The number of anilines is 2. The molecule has 0 aliphatic rings. The zero-order valence-corrected chi connectivity index (χ0v) is 18.2. The molecule has 6 heteroatoms. The first kappa shape index (κ1) is 19.7. The fraction of sp³-hybridized carbons (Fsp3) is 0.217. The van der Waals surface area contributed by atoms with Gasteiger partial charge in [-0.2, -0.15) is 0 Å². The van der Waals surface area contributed by atoms with E-state index in [1.54, 1.807) is 17.5 Å². The minimum Gasteiger partial charge on any atom is -0.386 e. The van der Waals surface area contributed by atoms with Gasteiger partial charge in [-0.1, -0.05) is 43.7 Å². The molecule has 4 aromatic rings. The van der Waals surface area contributed by atoms with Crippen molar-refractivity contribution >= 4 is 44.8 Å². The third kappa shape index (κ3) is 4.09. The molecule has 4 nitrogen and oxygen atoms in total. The van der Waals surface area contributed by atoms with E-state index < -0.39 is 0 Å². The van der Waals surface area contributed by atoms with Crippen molar-refractivity contribution in [2.45, 2.75) is 24.0 Å². The summed E-state index contributed by atoms with van der Waals surface area (Å²) in [7, 11) is 2.00. The third-order valence-corrected chi connectivity index (χ3v) is 7.22. The van der Waals surface area contributed by atoms with Gasteiger partial charge in [0, 0.05) is 24.2 Å². The van der Waals surface area contributed by atoms with Crippen molar-refractivity contribution in [1.82, 2.24) is 9.97 Å². The largest absolute Gasteiger partial charge is 0.386 e. The van der Waals surface area contributed by atoms with Gasteiger partial charge in [0.1, 0.15) is 10.6 Å². The summed E-state index contributed by atoms with van der Waals surface area (Å²) in [5.74, 6) is 1.63. The average molecular weight is 421 g/mol. The molecule has 0 atom stereocenters. The number of unbranched alkanes of at least 4 members (excludes halogenated alkanes) is 1. The molecule has 0 unspecified atom stereocenters. The molecular formula is C23H24N4S2. The Kier molecular flexibility index (Phi) is 6.02. The molecule has 0 saturated heterocycles. The van der Waals surface area contributed by atoms with Gasteiger partial charge in [-0.25, -0.2) is 9.97 Å². The van der Waals surface area contributed by atoms with Gasteiger partial charge in [0.05, 0.1) is 15.6 Å². The molecule has 0 amide bonds. The highest BCUT2D eigenvalue weighted by atomic mass is 32.2. The molecule has 148 valence electrons. The summed E-state index contributed by atoms with van der Waals surface area (Å²) in [4.78, 5) is 10.3. The van der Waals surface area contributed by atoms with Gasteiger partial charge in [-0.05, 0) is 41.5 Å². The van der Waals surface area contributed by atoms with Crippen LogP contribution in [0.25, 0.3) is 32.6 Å². The molecule has 1 aromatic carbocycles. The van der Waals surface area contributed by atoms with Crippen LogP contribution in [0, 0.1) is 0 Å². The minimum atomic E-state index is 0.515. The predicted molar refractivity (Wildman–Crippen MR) is 128 cm³/mol. The number of aromatic nitrogens is 2. The number of thiophene rings is 1. The van der Waals surface area contributed by atoms with Gasteiger partial charge in [-0.3, -0.25) is 0 Å². The Labute approximate surface area is 179 Å². The topological polar surface area (TPSA) is 63.8 Å². The fourth-order valence-corrected chi connectivity index (χ4v) is 5.90. The van der Waals surface area contributed by atoms with Crippen LogP contribution < -0.4 is 11.1 Å². The van der Waals surface area contributed by atoms with Gasteiger partial charge in [0.15, 0.2) is 0 Å². The van der Waals surface area contributed by atoms with Gasteiger partial charge in [0.25, 0.3) is 0 Å². The molecule has 0 aliphatic heterocycles. The Bertz CT molecular complexity index is 1110. The number of thioether (sulfide) groups is 1. The molecule has 0 saturated carbocycles. The van der Waals surface area contributed by atoms with Crippen LogP contribution in [0.2, 0.25) is 0 Å². The van der Waals surface area contributed by atoms with Crippen molar-refractivity contribution in [3.8, 4) is 22.4 Å². The molecule has 29 heavy (non-hydrogen) atoms.